The highest BCUT2D eigenvalue weighted by Crippen LogP contribution is 2.25. The molecule has 2 aromatic rings. The van der Waals surface area contributed by atoms with Gasteiger partial charge in [-0.2, -0.15) is 0 Å². The Hall–Kier alpha value is -1.66. The van der Waals surface area contributed by atoms with Crippen molar-refractivity contribution in [3.63, 3.8) is 0 Å². The molecule has 0 radical (unpaired) electrons. The Morgan fingerprint density at radius 2 is 1.76 bits per heavy atom. The molecule has 0 saturated carbocycles. The van der Waals surface area contributed by atoms with E-state index in [1.54, 1.807) is 30.3 Å². The van der Waals surface area contributed by atoms with E-state index >= 15 is 0 Å². The van der Waals surface area contributed by atoms with Crippen molar-refractivity contribution in [3.8, 4) is 0 Å². The van der Waals surface area contributed by atoms with Gasteiger partial charge in [-0.1, -0.05) is 24.3 Å². The normalized spacial score (nSPS) is 11.2. The zero-order valence-electron chi connectivity index (χ0n) is 11.6. The van der Waals surface area contributed by atoms with Gasteiger partial charge in [-0.25, -0.2) is 8.42 Å². The molecule has 0 aliphatic heterocycles. The highest BCUT2D eigenvalue weighted by molar-refractivity contribution is 9.10. The van der Waals surface area contributed by atoms with E-state index in [1.165, 1.54) is 6.07 Å². The van der Waals surface area contributed by atoms with E-state index in [0.717, 1.165) is 11.8 Å². The number of halogens is 1. The van der Waals surface area contributed by atoms with Gasteiger partial charge in [-0.05, 0) is 46.6 Å². The Kier molecular flexibility index (Phi) is 4.49. The molecule has 2 rings (SSSR count). The zero-order valence-corrected chi connectivity index (χ0v) is 14.0. The Bertz CT molecular complexity index is 800. The van der Waals surface area contributed by atoms with Crippen LogP contribution in [0.15, 0.2) is 51.8 Å². The molecule has 0 unspecified atom stereocenters. The first-order chi connectivity index (χ1) is 9.80. The van der Waals surface area contributed by atoms with Crippen LogP contribution in [0.2, 0.25) is 0 Å². The average Bonchev–Trinajstić information content (AvgIpc) is 2.41. The minimum atomic E-state index is -3.41. The van der Waals surface area contributed by atoms with E-state index in [2.05, 4.69) is 21.2 Å². The van der Waals surface area contributed by atoms with Crippen LogP contribution in [0.25, 0.3) is 0 Å². The number of anilines is 1. The average molecular weight is 368 g/mol. The van der Waals surface area contributed by atoms with Gasteiger partial charge in [0.2, 0.25) is 0 Å². The first kappa shape index (κ1) is 15.7. The molecule has 0 aliphatic carbocycles. The van der Waals surface area contributed by atoms with Crippen LogP contribution in [0.4, 0.5) is 5.69 Å². The quantitative estimate of drug-likeness (QED) is 0.903. The van der Waals surface area contributed by atoms with Crippen molar-refractivity contribution in [2.45, 2.75) is 11.8 Å². The molecule has 21 heavy (non-hydrogen) atoms. The van der Waals surface area contributed by atoms with E-state index in [9.17, 15) is 13.2 Å². The van der Waals surface area contributed by atoms with Gasteiger partial charge in [0.1, 0.15) is 0 Å². The number of nitrogens with one attached hydrogen (secondary N) is 1. The molecule has 6 heteroatoms. The van der Waals surface area contributed by atoms with Gasteiger partial charge in [0.25, 0.3) is 5.91 Å². The minimum Gasteiger partial charge on any atom is -0.321 e. The van der Waals surface area contributed by atoms with Crippen LogP contribution in [0.5, 0.6) is 0 Å². The second-order valence-corrected chi connectivity index (χ2v) is 7.44. The first-order valence-electron chi connectivity index (χ1n) is 6.16. The minimum absolute atomic E-state index is 0.0992. The number of benzene rings is 2. The van der Waals surface area contributed by atoms with E-state index < -0.39 is 9.84 Å². The van der Waals surface area contributed by atoms with Crippen molar-refractivity contribution in [2.24, 2.45) is 0 Å². The predicted molar refractivity (Wildman–Crippen MR) is 86.4 cm³/mol. The second-order valence-electron chi connectivity index (χ2n) is 4.66. The molecule has 0 aliphatic rings. The van der Waals surface area contributed by atoms with E-state index in [1.807, 2.05) is 13.0 Å². The summed E-state index contributed by atoms with van der Waals surface area (Å²) in [6.07, 6.45) is 1.11. The lowest BCUT2D eigenvalue weighted by Gasteiger charge is -2.11. The molecule has 1 amide bonds. The fourth-order valence-electron chi connectivity index (χ4n) is 1.91. The van der Waals surface area contributed by atoms with Gasteiger partial charge in [0, 0.05) is 10.7 Å². The number of carbonyl (C=O) groups excluding carboxylic acids is 1. The van der Waals surface area contributed by atoms with Gasteiger partial charge in [-0.15, -0.1) is 0 Å². The lowest BCUT2D eigenvalue weighted by atomic mass is 10.1. The number of amides is 1. The molecular weight excluding hydrogens is 354 g/mol. The summed E-state index contributed by atoms with van der Waals surface area (Å²) in [5.41, 5.74) is 1.66. The summed E-state index contributed by atoms with van der Waals surface area (Å²) in [6, 6.07) is 11.7. The van der Waals surface area contributed by atoms with Crippen molar-refractivity contribution < 1.29 is 13.2 Å². The van der Waals surface area contributed by atoms with Crippen LogP contribution >= 0.6 is 15.9 Å². The van der Waals surface area contributed by atoms with E-state index in [-0.39, 0.29) is 16.5 Å². The third-order valence-electron chi connectivity index (χ3n) is 2.97. The number of sulfone groups is 1. The Morgan fingerprint density at radius 1 is 1.10 bits per heavy atom. The molecule has 0 aromatic heterocycles. The Morgan fingerprint density at radius 3 is 2.43 bits per heavy atom. The van der Waals surface area contributed by atoms with Gasteiger partial charge in [0.05, 0.1) is 16.1 Å². The smallest absolute Gasteiger partial charge is 0.256 e. The third kappa shape index (κ3) is 3.51. The van der Waals surface area contributed by atoms with Crippen molar-refractivity contribution in [3.05, 3.63) is 58.1 Å². The molecule has 1 N–H and O–H groups in total. The highest BCUT2D eigenvalue weighted by Gasteiger charge is 2.17. The maximum absolute atomic E-state index is 12.3. The zero-order chi connectivity index (χ0) is 15.6. The molecule has 0 atom stereocenters. The molecule has 0 bridgehead atoms. The summed E-state index contributed by atoms with van der Waals surface area (Å²) >= 11 is 3.37. The van der Waals surface area contributed by atoms with Crippen LogP contribution in [-0.2, 0) is 9.84 Å². The number of aryl methyl sites for hydroxylation is 1. The molecule has 0 fully saturated rings. The van der Waals surface area contributed by atoms with Gasteiger partial charge >= 0.3 is 0 Å². The summed E-state index contributed by atoms with van der Waals surface area (Å²) < 4.78 is 24.2. The summed E-state index contributed by atoms with van der Waals surface area (Å²) in [6.45, 7) is 1.88. The number of rotatable bonds is 3. The van der Waals surface area contributed by atoms with Gasteiger partial charge in [0.15, 0.2) is 9.84 Å². The van der Waals surface area contributed by atoms with Crippen LogP contribution in [0, 0.1) is 6.92 Å². The number of hydrogen-bond acceptors (Lipinski definition) is 3. The van der Waals surface area contributed by atoms with Gasteiger partial charge < -0.3 is 5.32 Å². The lowest BCUT2D eigenvalue weighted by molar-refractivity contribution is 0.102. The highest BCUT2D eigenvalue weighted by atomic mass is 79.9. The first-order valence-corrected chi connectivity index (χ1v) is 8.84. The van der Waals surface area contributed by atoms with Crippen molar-refractivity contribution in [2.75, 3.05) is 11.6 Å². The summed E-state index contributed by atoms with van der Waals surface area (Å²) in [7, 11) is -3.41. The fourth-order valence-corrected chi connectivity index (χ4v) is 3.19. The topological polar surface area (TPSA) is 63.2 Å². The largest absolute Gasteiger partial charge is 0.321 e. The van der Waals surface area contributed by atoms with Crippen molar-refractivity contribution in [1.82, 2.24) is 0 Å². The van der Waals surface area contributed by atoms with Crippen molar-refractivity contribution in [1.29, 1.82) is 0 Å². The lowest BCUT2D eigenvalue weighted by Crippen LogP contribution is -2.15. The molecule has 110 valence electrons. The van der Waals surface area contributed by atoms with Crippen LogP contribution in [0.3, 0.4) is 0 Å². The monoisotopic (exact) mass is 367 g/mol. The molecule has 4 nitrogen and oxygen atoms in total. The Labute approximate surface area is 132 Å². The SMILES string of the molecule is Cc1cccc(C(=O)Nc2ccccc2S(C)(=O)=O)c1Br. The van der Waals surface area contributed by atoms with E-state index in [0.29, 0.717) is 10.0 Å². The third-order valence-corrected chi connectivity index (χ3v) is 5.18. The van der Waals surface area contributed by atoms with Crippen molar-refractivity contribution >= 4 is 37.4 Å². The predicted octanol–water partition coefficient (Wildman–Crippen LogP) is 3.41. The maximum Gasteiger partial charge on any atom is 0.256 e. The number of para-hydroxylation sites is 1. The molecule has 0 saturated heterocycles. The molecule has 0 spiro atoms. The number of hydrogen-bond donors (Lipinski definition) is 1. The fraction of sp³-hybridized carbons (Fsp3) is 0.133. The molecular formula is C15H14BrNO3S. The Balaban J connectivity index is 2.40. The van der Waals surface area contributed by atoms with Crippen LogP contribution in [0.1, 0.15) is 15.9 Å². The number of carbonyl (C=O) groups is 1. The second kappa shape index (κ2) is 5.99. The van der Waals surface area contributed by atoms with Gasteiger partial charge in [-0.3, -0.25) is 4.79 Å². The molecule has 0 heterocycles. The van der Waals surface area contributed by atoms with Crippen LogP contribution < -0.4 is 5.32 Å². The summed E-state index contributed by atoms with van der Waals surface area (Å²) in [4.78, 5) is 12.4. The summed E-state index contributed by atoms with van der Waals surface area (Å²) in [5.74, 6) is -0.360. The van der Waals surface area contributed by atoms with E-state index in [4.69, 9.17) is 0 Å². The molecule has 2 aromatic carbocycles. The van der Waals surface area contributed by atoms with Crippen LogP contribution in [-0.4, -0.2) is 20.6 Å². The summed E-state index contributed by atoms with van der Waals surface area (Å²) in [5, 5.41) is 2.65. The standard InChI is InChI=1S/C15H14BrNO3S/c1-10-6-5-7-11(14(10)16)15(18)17-12-8-3-4-9-13(12)21(2,19)20/h3-9H,1-2H3,(H,17,18). The maximum atomic E-state index is 12.3.